The molecule has 0 spiro atoms. The van der Waals surface area contributed by atoms with Gasteiger partial charge in [0.25, 0.3) is 0 Å². The highest BCUT2D eigenvalue weighted by Gasteiger charge is 2.24. The number of sulfone groups is 1. The maximum absolute atomic E-state index is 12.2. The van der Waals surface area contributed by atoms with E-state index in [4.69, 9.17) is 9.62 Å². The Kier molecular flexibility index (Phi) is 2.96. The first-order chi connectivity index (χ1) is 8.41. The van der Waals surface area contributed by atoms with Crippen molar-refractivity contribution in [3.05, 3.63) is 42.0 Å². The van der Waals surface area contributed by atoms with Gasteiger partial charge >= 0.3 is 5.88 Å². The lowest BCUT2D eigenvalue weighted by atomic mass is 10.2. The molecule has 0 radical (unpaired) electrons. The zero-order valence-electron chi connectivity index (χ0n) is 9.70. The molecule has 18 heavy (non-hydrogen) atoms. The second-order valence-electron chi connectivity index (χ2n) is 3.81. The highest BCUT2D eigenvalue weighted by atomic mass is 32.2. The normalized spacial score (nSPS) is 11.4. The number of hydrogen-bond acceptors (Lipinski definition) is 4. The lowest BCUT2D eigenvalue weighted by molar-refractivity contribution is -0.715. The van der Waals surface area contributed by atoms with Crippen LogP contribution >= 0.6 is 0 Å². The lowest BCUT2D eigenvalue weighted by Gasteiger charge is -2.00. The Bertz CT molecular complexity index is 683. The minimum Gasteiger partial charge on any atom is -0.389 e. The molecule has 0 unspecified atom stereocenters. The van der Waals surface area contributed by atoms with E-state index in [2.05, 4.69) is 6.72 Å². The number of rotatable bonds is 3. The van der Waals surface area contributed by atoms with E-state index in [1.54, 1.807) is 12.1 Å². The van der Waals surface area contributed by atoms with Crippen LogP contribution in [0, 0.1) is 6.92 Å². The summed E-state index contributed by atoms with van der Waals surface area (Å²) in [6.45, 7) is 5.06. The molecule has 0 aliphatic rings. The van der Waals surface area contributed by atoms with E-state index in [1.807, 2.05) is 6.92 Å². The molecule has 2 aromatic rings. The van der Waals surface area contributed by atoms with Crippen LogP contribution < -0.4 is 0 Å². The largest absolute Gasteiger partial charge is 0.422 e. The van der Waals surface area contributed by atoms with Crippen molar-refractivity contribution in [2.45, 2.75) is 16.9 Å². The van der Waals surface area contributed by atoms with Crippen molar-refractivity contribution in [1.82, 2.24) is 0 Å². The molecule has 1 aromatic heterocycles. The van der Waals surface area contributed by atoms with Crippen molar-refractivity contribution >= 4 is 22.4 Å². The summed E-state index contributed by atoms with van der Waals surface area (Å²) in [4.78, 5) is 0.141. The van der Waals surface area contributed by atoms with Crippen molar-refractivity contribution in [3.63, 3.8) is 0 Å². The highest BCUT2D eigenvalue weighted by Crippen LogP contribution is 2.25. The maximum Gasteiger partial charge on any atom is 0.422 e. The molecule has 5 nitrogen and oxygen atoms in total. The van der Waals surface area contributed by atoms with E-state index in [0.717, 1.165) is 5.56 Å². The van der Waals surface area contributed by atoms with Crippen LogP contribution in [0.15, 0.2) is 50.8 Å². The summed E-state index contributed by atoms with van der Waals surface area (Å²) in [6, 6.07) is 9.03. The van der Waals surface area contributed by atoms with Crippen LogP contribution in [0.4, 0.5) is 5.88 Å². The lowest BCUT2D eigenvalue weighted by Crippen LogP contribution is -2.00. The smallest absolute Gasteiger partial charge is 0.389 e. The van der Waals surface area contributed by atoms with E-state index in [0.29, 0.717) is 4.74 Å². The van der Waals surface area contributed by atoms with Crippen molar-refractivity contribution < 1.29 is 22.8 Å². The van der Waals surface area contributed by atoms with Gasteiger partial charge in [-0.05, 0) is 19.1 Å². The zero-order valence-corrected chi connectivity index (χ0v) is 10.5. The van der Waals surface area contributed by atoms with Crippen molar-refractivity contribution in [1.29, 1.82) is 0 Å². The molecule has 6 heteroatoms. The molecular weight excluding hydrogens is 254 g/mol. The maximum atomic E-state index is 12.2. The van der Waals surface area contributed by atoms with Crippen LogP contribution in [-0.4, -0.2) is 25.1 Å². The SMILES string of the molecule is C=[N+](O)c1ccc(S(=O)(=O)c2ccc(C)cc2)o1. The van der Waals surface area contributed by atoms with Crippen LogP contribution in [-0.2, 0) is 9.84 Å². The van der Waals surface area contributed by atoms with Gasteiger partial charge in [-0.2, -0.15) is 0 Å². The quantitative estimate of drug-likeness (QED) is 0.400. The summed E-state index contributed by atoms with van der Waals surface area (Å²) in [5.41, 5.74) is 0.966. The molecule has 0 aliphatic carbocycles. The molecule has 0 saturated heterocycles. The molecule has 0 amide bonds. The Morgan fingerprint density at radius 2 is 1.78 bits per heavy atom. The Hall–Kier alpha value is -2.08. The predicted molar refractivity (Wildman–Crippen MR) is 64.2 cm³/mol. The first-order valence-corrected chi connectivity index (χ1v) is 6.60. The van der Waals surface area contributed by atoms with E-state index in [1.165, 1.54) is 24.3 Å². The molecule has 0 aliphatic heterocycles. The van der Waals surface area contributed by atoms with Crippen LogP contribution in [0.25, 0.3) is 0 Å². The van der Waals surface area contributed by atoms with Gasteiger partial charge in [-0.1, -0.05) is 17.7 Å². The predicted octanol–water partition coefficient (Wildman–Crippen LogP) is 2.15. The third-order valence-corrected chi connectivity index (χ3v) is 4.06. The fourth-order valence-corrected chi connectivity index (χ4v) is 2.60. The van der Waals surface area contributed by atoms with E-state index >= 15 is 0 Å². The van der Waals surface area contributed by atoms with Gasteiger partial charge in [-0.15, -0.1) is 0 Å². The van der Waals surface area contributed by atoms with Gasteiger partial charge in [0.2, 0.25) is 14.9 Å². The monoisotopic (exact) mass is 266 g/mol. The molecular formula is C12H12NO4S+. The van der Waals surface area contributed by atoms with Gasteiger partial charge in [0, 0.05) is 10.8 Å². The van der Waals surface area contributed by atoms with Crippen molar-refractivity contribution in [3.8, 4) is 0 Å². The van der Waals surface area contributed by atoms with Gasteiger partial charge in [-0.3, -0.25) is 5.21 Å². The first-order valence-electron chi connectivity index (χ1n) is 5.12. The van der Waals surface area contributed by atoms with Crippen LogP contribution in [0.5, 0.6) is 0 Å². The Labute approximate surface area is 104 Å². The average molecular weight is 266 g/mol. The number of aryl methyl sites for hydroxylation is 1. The molecule has 0 bridgehead atoms. The summed E-state index contributed by atoms with van der Waals surface area (Å²) in [7, 11) is -3.70. The summed E-state index contributed by atoms with van der Waals surface area (Å²) in [5, 5.41) is 8.81. The molecule has 2 rings (SSSR count). The van der Waals surface area contributed by atoms with E-state index < -0.39 is 9.84 Å². The van der Waals surface area contributed by atoms with Crippen molar-refractivity contribution in [2.75, 3.05) is 0 Å². The zero-order chi connectivity index (χ0) is 13.3. The van der Waals surface area contributed by atoms with Gasteiger partial charge in [-0.25, -0.2) is 8.42 Å². The standard InChI is InChI=1S/C12H12NO4S/c1-9-3-5-10(6-4-9)18(15,16)12-8-7-11(17-12)13(2)14/h3-8,14H,2H2,1H3/q+1. The molecule has 1 aromatic carbocycles. The van der Waals surface area contributed by atoms with Crippen LogP contribution in [0.3, 0.4) is 0 Å². The molecule has 0 saturated carbocycles. The molecule has 1 N–H and O–H groups in total. The van der Waals surface area contributed by atoms with E-state index in [-0.39, 0.29) is 15.9 Å². The Morgan fingerprint density at radius 3 is 2.28 bits per heavy atom. The fraction of sp³-hybridized carbons (Fsp3) is 0.0833. The third-order valence-electron chi connectivity index (χ3n) is 2.42. The number of furan rings is 1. The first kappa shape index (κ1) is 12.4. The fourth-order valence-electron chi connectivity index (χ4n) is 1.43. The number of benzene rings is 1. The van der Waals surface area contributed by atoms with Gasteiger partial charge in [0.15, 0.2) is 6.72 Å². The Balaban J connectivity index is 2.47. The van der Waals surface area contributed by atoms with Crippen LogP contribution in [0.2, 0.25) is 0 Å². The Morgan fingerprint density at radius 1 is 1.17 bits per heavy atom. The minimum absolute atomic E-state index is 0.0410. The van der Waals surface area contributed by atoms with Gasteiger partial charge in [0.1, 0.15) is 0 Å². The van der Waals surface area contributed by atoms with Crippen LogP contribution in [0.1, 0.15) is 5.56 Å². The molecule has 0 atom stereocenters. The minimum atomic E-state index is -3.70. The summed E-state index contributed by atoms with van der Waals surface area (Å²) in [5.74, 6) is -0.0410. The van der Waals surface area contributed by atoms with Gasteiger partial charge < -0.3 is 4.42 Å². The summed E-state index contributed by atoms with van der Waals surface area (Å²) >= 11 is 0. The topological polar surface area (TPSA) is 70.5 Å². The number of hydrogen-bond donors (Lipinski definition) is 1. The van der Waals surface area contributed by atoms with Gasteiger partial charge in [0.05, 0.1) is 11.0 Å². The molecule has 1 heterocycles. The second-order valence-corrected chi connectivity index (χ2v) is 5.69. The average Bonchev–Trinajstić information content (AvgIpc) is 2.79. The summed E-state index contributed by atoms with van der Waals surface area (Å²) in [6.07, 6.45) is 0. The van der Waals surface area contributed by atoms with E-state index in [9.17, 15) is 8.42 Å². The second kappa shape index (κ2) is 4.30. The third kappa shape index (κ3) is 2.14. The van der Waals surface area contributed by atoms with Crippen molar-refractivity contribution in [2.24, 2.45) is 0 Å². The highest BCUT2D eigenvalue weighted by molar-refractivity contribution is 7.91. The molecule has 0 fully saturated rings. The summed E-state index contributed by atoms with van der Waals surface area (Å²) < 4.78 is 29.8. The number of nitrogens with zero attached hydrogens (tertiary/aromatic N) is 1. The molecule has 94 valence electrons.